The van der Waals surface area contributed by atoms with Gasteiger partial charge in [-0.1, -0.05) is 222 Å². The van der Waals surface area contributed by atoms with E-state index >= 15 is 4.79 Å². The predicted molar refractivity (Wildman–Crippen MR) is 396 cm³/mol. The number of ether oxygens (including phenoxy) is 17. The Morgan fingerprint density at radius 1 is 0.396 bits per heavy atom. The van der Waals surface area contributed by atoms with E-state index in [1.165, 1.54) is 4.90 Å². The first-order valence-corrected chi connectivity index (χ1v) is 37.8. The van der Waals surface area contributed by atoms with Crippen molar-refractivity contribution in [1.82, 2.24) is 4.90 Å². The standard InChI is InChI=1S/C87H91NO23/c1-5-63-68(53(3)70(103-77(90)57-35-19-9-20-36-57)83(99-63)95-48-47-88(49-55-31-15-7-16-32-55)87(94)98-50-56-33-17-8-18-34-56)108-86-76(106-80(93)60-41-25-12-26-42-60)75(73-66(102-86)52-97-82(110-73)62-45-29-14-30-46-62)111-84-71(104-78(91)58-37-21-10-22-38-58)54(4)69(64(6-2)100-84)107-85-74(105-79(92)59-39-23-11-24-40-59)67(89)72-65(101-85)51-96-81(109-72)61-43-27-13-28-44-61/h7-46,53-54,63-76,81-86,89H,5-6,47-52H2,1-4H3/t53-,54-,63?,64?,65?,66?,67-,68-,69-,70?,71?,72+,73+,74?,75-,76?,81?,82?,83+,84-,85-,86-/m0/s1. The predicted octanol–water partition coefficient (Wildman–Crippen LogP) is 12.5. The van der Waals surface area contributed by atoms with Gasteiger partial charge in [0.05, 0.1) is 66.5 Å². The van der Waals surface area contributed by atoms with Crippen LogP contribution < -0.4 is 0 Å². The Kier molecular flexibility index (Phi) is 26.1. The molecule has 8 aromatic carbocycles. The minimum Gasteiger partial charge on any atom is -0.453 e. The SMILES string of the molecule is CCC1O[C@@H](O[C@@H]2C(OC(=O)c3ccccc3)[C@H](O[C@@H]3C(CC)O[C@@H](OCCN(Cc4ccccc4)C(=O)OCc4ccccc4)C(OC(=O)c4ccccc4)[C@H]3C)OC3COC(c4ccccc4)O[C@H]32)C(OC(=O)c2ccccc2)[C@@H](C)[C@@H]1O[C@@H]1OC2COC(c3ccccc3)O[C@H]2[C@H](O)C1OC(=O)c1ccccc1. The van der Waals surface area contributed by atoms with Crippen molar-refractivity contribution < 1.29 is 110 Å². The van der Waals surface area contributed by atoms with Gasteiger partial charge < -0.3 is 90.5 Å². The lowest BCUT2D eigenvalue weighted by molar-refractivity contribution is -0.407. The van der Waals surface area contributed by atoms with Crippen molar-refractivity contribution in [2.75, 3.05) is 26.4 Å². The molecule has 0 aromatic heterocycles. The molecule has 6 fully saturated rings. The molecule has 1 amide bonds. The number of aliphatic hydroxyl groups excluding tert-OH is 1. The van der Waals surface area contributed by atoms with E-state index in [-0.39, 0.29) is 68.2 Å². The quantitative estimate of drug-likeness (QED) is 0.0390. The summed E-state index contributed by atoms with van der Waals surface area (Å²) in [6.07, 6.45) is -24.8. The van der Waals surface area contributed by atoms with Crippen LogP contribution in [0.1, 0.15) is 117 Å². The minimum atomic E-state index is -1.60. The molecule has 111 heavy (non-hydrogen) atoms. The molecule has 6 aliphatic heterocycles. The van der Waals surface area contributed by atoms with Crippen molar-refractivity contribution in [1.29, 1.82) is 0 Å². The molecule has 24 nitrogen and oxygen atoms in total. The number of hydrogen-bond donors (Lipinski definition) is 1. The first-order chi connectivity index (χ1) is 54.2. The van der Waals surface area contributed by atoms with E-state index in [4.69, 9.17) is 80.5 Å². The van der Waals surface area contributed by atoms with E-state index in [1.54, 1.807) is 128 Å². The van der Waals surface area contributed by atoms with Crippen molar-refractivity contribution in [2.45, 2.75) is 177 Å². The van der Waals surface area contributed by atoms with E-state index in [2.05, 4.69) is 0 Å². The molecule has 582 valence electrons. The highest BCUT2D eigenvalue weighted by atomic mass is 16.8. The fraction of sp³-hybridized carbons (Fsp3) is 0.391. The van der Waals surface area contributed by atoms with Crippen molar-refractivity contribution in [3.05, 3.63) is 287 Å². The van der Waals surface area contributed by atoms with Crippen molar-refractivity contribution in [3.63, 3.8) is 0 Å². The fourth-order valence-electron chi connectivity index (χ4n) is 14.8. The molecule has 6 saturated heterocycles. The summed E-state index contributed by atoms with van der Waals surface area (Å²) in [5.74, 6) is -4.75. The summed E-state index contributed by atoms with van der Waals surface area (Å²) in [6.45, 7) is 7.36. The van der Waals surface area contributed by atoms with Crippen LogP contribution in [0.15, 0.2) is 243 Å². The number of esters is 4. The van der Waals surface area contributed by atoms with Crippen molar-refractivity contribution in [3.8, 4) is 0 Å². The molecule has 0 spiro atoms. The Bertz CT molecular complexity index is 4280. The Hall–Kier alpha value is -9.61. The van der Waals surface area contributed by atoms with Crippen LogP contribution in [0, 0.1) is 11.8 Å². The van der Waals surface area contributed by atoms with Crippen LogP contribution in [0.2, 0.25) is 0 Å². The maximum atomic E-state index is 15.1. The second kappa shape index (κ2) is 37.1. The van der Waals surface area contributed by atoms with Gasteiger partial charge in [-0.15, -0.1) is 0 Å². The average Bonchev–Trinajstić information content (AvgIpc) is 0.751. The van der Waals surface area contributed by atoms with Gasteiger partial charge in [-0.25, -0.2) is 24.0 Å². The third-order valence-electron chi connectivity index (χ3n) is 20.7. The largest absolute Gasteiger partial charge is 0.453 e. The van der Waals surface area contributed by atoms with Crippen LogP contribution >= 0.6 is 0 Å². The molecule has 0 radical (unpaired) electrons. The van der Waals surface area contributed by atoms with Crippen molar-refractivity contribution in [2.24, 2.45) is 11.8 Å². The molecular weight excluding hydrogens is 1430 g/mol. The highest BCUT2D eigenvalue weighted by molar-refractivity contribution is 5.91. The van der Waals surface area contributed by atoms with Crippen LogP contribution in [0.3, 0.4) is 0 Å². The van der Waals surface area contributed by atoms with Gasteiger partial charge >= 0.3 is 30.0 Å². The number of nitrogens with zero attached hydrogens (tertiary/aromatic N) is 1. The maximum absolute atomic E-state index is 15.1. The van der Waals surface area contributed by atoms with Gasteiger partial charge in [-0.2, -0.15) is 0 Å². The highest BCUT2D eigenvalue weighted by Gasteiger charge is 2.60. The molecule has 0 aliphatic carbocycles. The number of carbonyl (C=O) groups is 5. The zero-order valence-electron chi connectivity index (χ0n) is 61.8. The van der Waals surface area contributed by atoms with Crippen LogP contribution in [0.4, 0.5) is 4.79 Å². The molecule has 6 heterocycles. The van der Waals surface area contributed by atoms with Gasteiger partial charge in [-0.3, -0.25) is 0 Å². The number of carbonyl (C=O) groups excluding carboxylic acids is 5. The van der Waals surface area contributed by atoms with Gasteiger partial charge in [0.15, 0.2) is 62.2 Å². The van der Waals surface area contributed by atoms with Crippen LogP contribution in [0.25, 0.3) is 0 Å². The Morgan fingerprint density at radius 3 is 1.22 bits per heavy atom. The monoisotopic (exact) mass is 1520 g/mol. The average molecular weight is 1520 g/mol. The van der Waals surface area contributed by atoms with E-state index in [0.717, 1.165) is 11.1 Å². The Labute approximate surface area is 643 Å². The third-order valence-corrected chi connectivity index (χ3v) is 20.7. The van der Waals surface area contributed by atoms with Crippen molar-refractivity contribution >= 4 is 30.0 Å². The number of hydrogen-bond acceptors (Lipinski definition) is 23. The number of benzene rings is 8. The molecule has 22 atom stereocenters. The summed E-state index contributed by atoms with van der Waals surface area (Å²) in [5.41, 5.74) is 3.79. The summed E-state index contributed by atoms with van der Waals surface area (Å²) < 4.78 is 115. The Morgan fingerprint density at radius 2 is 0.757 bits per heavy atom. The fourth-order valence-corrected chi connectivity index (χ4v) is 14.8. The third kappa shape index (κ3) is 18.8. The number of amides is 1. The second-order valence-electron chi connectivity index (χ2n) is 28.1. The summed E-state index contributed by atoms with van der Waals surface area (Å²) in [4.78, 5) is 74.1. The molecule has 10 unspecified atom stereocenters. The van der Waals surface area contributed by atoms with Gasteiger partial charge in [0.1, 0.15) is 43.2 Å². The minimum absolute atomic E-state index is 0.0350. The van der Waals surface area contributed by atoms with Gasteiger partial charge in [0.25, 0.3) is 0 Å². The van der Waals surface area contributed by atoms with E-state index in [1.807, 2.05) is 142 Å². The summed E-state index contributed by atoms with van der Waals surface area (Å²) >= 11 is 0. The smallest absolute Gasteiger partial charge is 0.410 e. The Balaban J connectivity index is 0.794. The van der Waals surface area contributed by atoms with Gasteiger partial charge in [-0.05, 0) is 72.5 Å². The van der Waals surface area contributed by atoms with Crippen LogP contribution in [-0.2, 0) is 93.7 Å². The molecule has 0 bridgehead atoms. The molecule has 0 saturated carbocycles. The lowest BCUT2D eigenvalue weighted by Crippen LogP contribution is -2.68. The number of aliphatic hydroxyl groups is 1. The van der Waals surface area contributed by atoms with Gasteiger partial charge in [0.2, 0.25) is 0 Å². The van der Waals surface area contributed by atoms with E-state index in [9.17, 15) is 24.3 Å². The highest BCUT2D eigenvalue weighted by Crippen LogP contribution is 2.45. The zero-order valence-corrected chi connectivity index (χ0v) is 61.8. The van der Waals surface area contributed by atoms with Crippen LogP contribution in [0.5, 0.6) is 0 Å². The first kappa shape index (κ1) is 78.1. The number of rotatable bonds is 26. The second-order valence-corrected chi connectivity index (χ2v) is 28.1. The molecule has 8 aromatic rings. The van der Waals surface area contributed by atoms with E-state index in [0.29, 0.717) is 17.5 Å². The molecular formula is C87H91NO23. The molecule has 24 heteroatoms. The molecule has 6 aliphatic rings. The number of fused-ring (bicyclic) bond motifs is 2. The summed E-state index contributed by atoms with van der Waals surface area (Å²) in [6, 6.07) is 70.7. The molecule has 1 N–H and O–H groups in total. The maximum Gasteiger partial charge on any atom is 0.410 e. The van der Waals surface area contributed by atoms with Crippen LogP contribution in [-0.4, -0.2) is 177 Å². The first-order valence-electron chi connectivity index (χ1n) is 37.8. The summed E-state index contributed by atoms with van der Waals surface area (Å²) in [7, 11) is 0. The van der Waals surface area contributed by atoms with E-state index < -0.39 is 165 Å². The lowest BCUT2D eigenvalue weighted by Gasteiger charge is -2.53. The summed E-state index contributed by atoms with van der Waals surface area (Å²) in [5, 5.41) is 12.5. The topological polar surface area (TPSA) is 266 Å². The zero-order chi connectivity index (χ0) is 76.7. The normalized spacial score (nSPS) is 30.4. The lowest BCUT2D eigenvalue weighted by atomic mass is 9.88. The molecule has 14 rings (SSSR count). The van der Waals surface area contributed by atoms with Gasteiger partial charge in [0, 0.05) is 36.1 Å².